The van der Waals surface area contributed by atoms with E-state index in [2.05, 4.69) is 72.8 Å². The van der Waals surface area contributed by atoms with Gasteiger partial charge in [0, 0.05) is 5.56 Å². The predicted octanol–water partition coefficient (Wildman–Crippen LogP) is 2.29. The Bertz CT molecular complexity index is 1010. The van der Waals surface area contributed by atoms with E-state index < -0.39 is 12.9 Å². The van der Waals surface area contributed by atoms with Crippen molar-refractivity contribution in [3.05, 3.63) is 127 Å². The number of hydrogen-bond acceptors (Lipinski definition) is 2. The Morgan fingerprint density at radius 3 is 1.34 bits per heavy atom. The summed E-state index contributed by atoms with van der Waals surface area (Å²) in [6, 6.07) is 41.4. The van der Waals surface area contributed by atoms with Crippen LogP contribution in [0.25, 0.3) is 0 Å². The molecular formula is C28H26ClO2P. The summed E-state index contributed by atoms with van der Waals surface area (Å²) in [7, 11) is -2.45. The summed E-state index contributed by atoms with van der Waals surface area (Å²) in [6.45, 7) is 2.22. The second kappa shape index (κ2) is 11.1. The summed E-state index contributed by atoms with van der Waals surface area (Å²) >= 11 is 0. The largest absolute Gasteiger partial charge is 1.00 e. The van der Waals surface area contributed by atoms with E-state index in [-0.39, 0.29) is 18.4 Å². The van der Waals surface area contributed by atoms with Crippen molar-refractivity contribution in [3.8, 4) is 0 Å². The molecule has 4 aromatic rings. The summed E-state index contributed by atoms with van der Waals surface area (Å²) < 4.78 is 5.72. The Balaban J connectivity index is 0.00000289. The summed E-state index contributed by atoms with van der Waals surface area (Å²) in [5.74, 6) is -0.182. The SMILES string of the molecule is CCOC(=O)C(c1ccccc1)[P+](c1ccccc1)(c1ccccc1)c1ccccc1.[Cl-]. The van der Waals surface area contributed by atoms with Crippen molar-refractivity contribution in [1.29, 1.82) is 0 Å². The van der Waals surface area contributed by atoms with Gasteiger partial charge in [0.2, 0.25) is 5.66 Å². The smallest absolute Gasteiger partial charge is 0.352 e. The molecule has 0 radical (unpaired) electrons. The van der Waals surface area contributed by atoms with Crippen LogP contribution in [0.15, 0.2) is 121 Å². The van der Waals surface area contributed by atoms with Crippen molar-refractivity contribution in [3.63, 3.8) is 0 Å². The minimum absolute atomic E-state index is 0. The molecule has 0 amide bonds. The quantitative estimate of drug-likeness (QED) is 0.312. The second-order valence-corrected chi connectivity index (χ2v) is 10.8. The van der Waals surface area contributed by atoms with Gasteiger partial charge in [-0.3, -0.25) is 0 Å². The zero-order valence-corrected chi connectivity index (χ0v) is 19.6. The molecule has 0 fully saturated rings. The van der Waals surface area contributed by atoms with Gasteiger partial charge in [-0.25, -0.2) is 4.79 Å². The minimum Gasteiger partial charge on any atom is -1.00 e. The number of rotatable bonds is 7. The molecule has 32 heavy (non-hydrogen) atoms. The van der Waals surface area contributed by atoms with E-state index in [4.69, 9.17) is 4.74 Å². The molecule has 0 aliphatic carbocycles. The molecule has 0 aliphatic rings. The summed E-state index contributed by atoms with van der Waals surface area (Å²) in [5.41, 5.74) is 0.534. The third kappa shape index (κ3) is 4.48. The Morgan fingerprint density at radius 2 is 1.00 bits per heavy atom. The maximum atomic E-state index is 13.7. The average Bonchev–Trinajstić information content (AvgIpc) is 2.85. The number of carbonyl (C=O) groups is 1. The lowest BCUT2D eigenvalue weighted by Crippen LogP contribution is -3.00. The molecule has 0 heterocycles. The molecule has 2 nitrogen and oxygen atoms in total. The van der Waals surface area contributed by atoms with Crippen LogP contribution in [0, 0.1) is 0 Å². The number of benzene rings is 4. The van der Waals surface area contributed by atoms with Gasteiger partial charge >= 0.3 is 5.97 Å². The number of carbonyl (C=O) groups excluding carboxylic acids is 1. The molecule has 0 saturated carbocycles. The highest BCUT2D eigenvalue weighted by Crippen LogP contribution is 2.67. The van der Waals surface area contributed by atoms with Crippen LogP contribution < -0.4 is 28.3 Å². The molecular weight excluding hydrogens is 435 g/mol. The van der Waals surface area contributed by atoms with E-state index in [1.807, 2.05) is 55.5 Å². The van der Waals surface area contributed by atoms with E-state index in [9.17, 15) is 4.79 Å². The molecule has 0 saturated heterocycles. The molecule has 0 aliphatic heterocycles. The van der Waals surface area contributed by atoms with Gasteiger partial charge in [-0.15, -0.1) is 0 Å². The molecule has 162 valence electrons. The van der Waals surface area contributed by atoms with E-state index in [1.54, 1.807) is 0 Å². The molecule has 0 bridgehead atoms. The zero-order chi connectivity index (χ0) is 21.5. The lowest BCUT2D eigenvalue weighted by Gasteiger charge is -2.33. The van der Waals surface area contributed by atoms with Crippen molar-refractivity contribution in [2.75, 3.05) is 6.61 Å². The maximum absolute atomic E-state index is 13.7. The molecule has 0 N–H and O–H groups in total. The van der Waals surface area contributed by atoms with Crippen LogP contribution in [0.3, 0.4) is 0 Å². The molecule has 1 unspecified atom stereocenters. The predicted molar refractivity (Wildman–Crippen MR) is 131 cm³/mol. The summed E-state index contributed by atoms with van der Waals surface area (Å²) in [5, 5.41) is 3.48. The first-order valence-electron chi connectivity index (χ1n) is 10.6. The van der Waals surface area contributed by atoms with Crippen LogP contribution in [0.2, 0.25) is 0 Å². The number of hydrogen-bond donors (Lipinski definition) is 0. The molecule has 4 heteroatoms. The Hall–Kier alpha value is -2.93. The maximum Gasteiger partial charge on any atom is 0.352 e. The first-order chi connectivity index (χ1) is 15.3. The van der Waals surface area contributed by atoms with Gasteiger partial charge in [0.05, 0.1) is 6.61 Å². The van der Waals surface area contributed by atoms with Crippen LogP contribution in [-0.2, 0) is 9.53 Å². The standard InChI is InChI=1S/C28H26O2P.ClH/c1-2-30-28(29)27(23-15-7-3-8-16-23)31(24-17-9-4-10-18-24,25-19-11-5-12-20-25)26-21-13-6-14-22-26;/h3-22,27H,2H2,1H3;1H/q+1;/p-1. The second-order valence-electron chi connectivity index (χ2n) is 7.29. The summed E-state index contributed by atoms with van der Waals surface area (Å²) in [6.07, 6.45) is 0. The topological polar surface area (TPSA) is 26.3 Å². The fourth-order valence-electron chi connectivity index (χ4n) is 4.26. The Morgan fingerprint density at radius 1 is 0.656 bits per heavy atom. The van der Waals surface area contributed by atoms with Gasteiger partial charge in [0.1, 0.15) is 23.2 Å². The highest BCUT2D eigenvalue weighted by atomic mass is 35.5. The van der Waals surface area contributed by atoms with Gasteiger partial charge in [-0.2, -0.15) is 0 Å². The lowest BCUT2D eigenvalue weighted by atomic mass is 10.1. The van der Waals surface area contributed by atoms with E-state index >= 15 is 0 Å². The van der Waals surface area contributed by atoms with Gasteiger partial charge in [-0.05, 0) is 43.3 Å². The van der Waals surface area contributed by atoms with Gasteiger partial charge in [-0.1, -0.05) is 84.9 Å². The molecule has 0 aromatic heterocycles. The van der Waals surface area contributed by atoms with Crippen LogP contribution in [0.1, 0.15) is 18.1 Å². The fourth-order valence-corrected chi connectivity index (χ4v) is 8.98. The average molecular weight is 461 g/mol. The number of ether oxygens (including phenoxy) is 1. The Labute approximate surface area is 197 Å². The van der Waals surface area contributed by atoms with Crippen molar-refractivity contribution in [2.45, 2.75) is 12.6 Å². The third-order valence-electron chi connectivity index (χ3n) is 5.50. The van der Waals surface area contributed by atoms with E-state index in [0.29, 0.717) is 6.61 Å². The van der Waals surface area contributed by atoms with Gasteiger partial charge in [0.25, 0.3) is 0 Å². The monoisotopic (exact) mass is 460 g/mol. The van der Waals surface area contributed by atoms with E-state index in [0.717, 1.165) is 21.5 Å². The minimum atomic E-state index is -2.45. The molecule has 1 atom stereocenters. The molecule has 4 rings (SSSR count). The first-order valence-corrected chi connectivity index (χ1v) is 12.4. The lowest BCUT2D eigenvalue weighted by molar-refractivity contribution is -0.142. The highest BCUT2D eigenvalue weighted by Gasteiger charge is 2.57. The van der Waals surface area contributed by atoms with Crippen molar-refractivity contribution >= 4 is 29.1 Å². The van der Waals surface area contributed by atoms with Crippen LogP contribution >= 0.6 is 7.26 Å². The zero-order valence-electron chi connectivity index (χ0n) is 18.0. The van der Waals surface area contributed by atoms with Gasteiger partial charge < -0.3 is 17.1 Å². The van der Waals surface area contributed by atoms with Crippen molar-refractivity contribution < 1.29 is 21.9 Å². The Kier molecular flexibility index (Phi) is 8.22. The van der Waals surface area contributed by atoms with Crippen molar-refractivity contribution in [2.24, 2.45) is 0 Å². The van der Waals surface area contributed by atoms with Crippen LogP contribution in [0.4, 0.5) is 0 Å². The highest BCUT2D eigenvalue weighted by molar-refractivity contribution is 7.96. The van der Waals surface area contributed by atoms with E-state index in [1.165, 1.54) is 0 Å². The first kappa shape index (κ1) is 23.7. The van der Waals surface area contributed by atoms with Crippen molar-refractivity contribution in [1.82, 2.24) is 0 Å². The number of esters is 1. The summed E-state index contributed by atoms with van der Waals surface area (Å²) in [4.78, 5) is 13.7. The normalized spacial score (nSPS) is 11.8. The third-order valence-corrected chi connectivity index (χ3v) is 10.1. The van der Waals surface area contributed by atoms with Crippen LogP contribution in [0.5, 0.6) is 0 Å². The fraction of sp³-hybridized carbons (Fsp3) is 0.107. The molecule has 4 aromatic carbocycles. The van der Waals surface area contributed by atoms with Gasteiger partial charge in [0.15, 0.2) is 0 Å². The molecule has 0 spiro atoms. The number of halogens is 1. The van der Waals surface area contributed by atoms with Crippen LogP contribution in [-0.4, -0.2) is 12.6 Å².